The van der Waals surface area contributed by atoms with Crippen molar-refractivity contribution in [3.05, 3.63) is 72.8 Å². The summed E-state index contributed by atoms with van der Waals surface area (Å²) in [6, 6.07) is 7.08. The number of hydrogen-bond donors (Lipinski definition) is 2. The Morgan fingerprint density at radius 2 is 1.67 bits per heavy atom. The first kappa shape index (κ1) is 36.3. The molecule has 1 fully saturated rings. The fourth-order valence-corrected chi connectivity index (χ4v) is 5.39. The van der Waals surface area contributed by atoms with Crippen LogP contribution in [0.3, 0.4) is 0 Å². The van der Waals surface area contributed by atoms with Crippen molar-refractivity contribution in [3.8, 4) is 17.2 Å². The molecule has 3 atom stereocenters. The van der Waals surface area contributed by atoms with E-state index in [4.69, 9.17) is 28.4 Å². The van der Waals surface area contributed by atoms with Gasteiger partial charge in [-0.15, -0.1) is 0 Å². The number of anilines is 1. The van der Waals surface area contributed by atoms with E-state index in [1.54, 1.807) is 17.0 Å². The first-order valence-electron chi connectivity index (χ1n) is 15.4. The van der Waals surface area contributed by atoms with Crippen LogP contribution >= 0.6 is 0 Å². The Morgan fingerprint density at radius 3 is 2.35 bits per heavy atom. The molecule has 0 saturated carbocycles. The number of nitrogens with zero attached hydrogens (tertiary/aromatic N) is 2. The molecule has 2 heterocycles. The Bertz CT molecular complexity index is 1560. The zero-order chi connectivity index (χ0) is 35.5. The molecule has 2 aromatic rings. The summed E-state index contributed by atoms with van der Waals surface area (Å²) in [5.74, 6) is -1.07. The molecule has 1 saturated heterocycles. The maximum Gasteiger partial charge on any atom is 0.416 e. The molecule has 15 nitrogen and oxygen atoms in total. The second-order valence-electron chi connectivity index (χ2n) is 10.9. The molecular weight excluding hydrogens is 642 g/mol. The minimum atomic E-state index is -1.39. The van der Waals surface area contributed by atoms with Crippen molar-refractivity contribution in [2.45, 2.75) is 50.6 Å². The average molecular weight is 682 g/mol. The second kappa shape index (κ2) is 17.0. The van der Waals surface area contributed by atoms with Gasteiger partial charge in [0.25, 0.3) is 5.91 Å². The van der Waals surface area contributed by atoms with Crippen molar-refractivity contribution in [1.29, 1.82) is 0 Å². The van der Waals surface area contributed by atoms with Gasteiger partial charge >= 0.3 is 24.1 Å². The van der Waals surface area contributed by atoms with Crippen LogP contribution in [0.5, 0.6) is 17.2 Å². The van der Waals surface area contributed by atoms with Crippen molar-refractivity contribution in [2.24, 2.45) is 0 Å². The fraction of sp³-hybridized carbons (Fsp3) is 0.382. The van der Waals surface area contributed by atoms with Crippen LogP contribution in [0.2, 0.25) is 0 Å². The lowest BCUT2D eigenvalue weighted by molar-refractivity contribution is -0.146. The number of amides is 3. The molecular formula is C34H39N3O12. The van der Waals surface area contributed by atoms with Gasteiger partial charge in [0.05, 0.1) is 31.5 Å². The van der Waals surface area contributed by atoms with Gasteiger partial charge in [-0.25, -0.2) is 19.3 Å². The van der Waals surface area contributed by atoms with Gasteiger partial charge in [0.15, 0.2) is 17.7 Å². The molecule has 0 radical (unpaired) electrons. The highest BCUT2D eigenvalue weighted by Gasteiger charge is 2.45. The second-order valence-corrected chi connectivity index (χ2v) is 10.9. The van der Waals surface area contributed by atoms with Crippen molar-refractivity contribution in [1.82, 2.24) is 10.2 Å². The van der Waals surface area contributed by atoms with Gasteiger partial charge in [-0.3, -0.25) is 9.59 Å². The molecule has 0 aromatic heterocycles. The zero-order valence-electron chi connectivity index (χ0n) is 27.3. The van der Waals surface area contributed by atoms with Gasteiger partial charge in [-0.05, 0) is 43.0 Å². The Morgan fingerprint density at radius 1 is 1.00 bits per heavy atom. The first-order chi connectivity index (χ1) is 23.6. The molecule has 15 heteroatoms. The van der Waals surface area contributed by atoms with Crippen molar-refractivity contribution < 1.29 is 57.5 Å². The Kier molecular flexibility index (Phi) is 12.6. The van der Waals surface area contributed by atoms with Gasteiger partial charge in [0.2, 0.25) is 0 Å². The van der Waals surface area contributed by atoms with Crippen molar-refractivity contribution in [2.75, 3.05) is 38.9 Å². The average Bonchev–Trinajstić information content (AvgIpc) is 3.58. The molecule has 0 spiro atoms. The third-order valence-corrected chi connectivity index (χ3v) is 7.77. The number of nitrogens with one attached hydrogen (secondary N) is 1. The van der Waals surface area contributed by atoms with Crippen LogP contribution in [0.4, 0.5) is 15.3 Å². The third kappa shape index (κ3) is 8.87. The lowest BCUT2D eigenvalue weighted by Crippen LogP contribution is -2.50. The van der Waals surface area contributed by atoms with Gasteiger partial charge < -0.3 is 43.7 Å². The maximum absolute atomic E-state index is 13.5. The first-order valence-corrected chi connectivity index (χ1v) is 15.4. The summed E-state index contributed by atoms with van der Waals surface area (Å²) in [6.45, 7) is 7.05. The van der Waals surface area contributed by atoms with E-state index in [9.17, 15) is 29.1 Å². The fourth-order valence-electron chi connectivity index (χ4n) is 5.39. The summed E-state index contributed by atoms with van der Waals surface area (Å²) in [6.07, 6.45) is 0.380. The van der Waals surface area contributed by atoms with E-state index in [1.807, 2.05) is 0 Å². The summed E-state index contributed by atoms with van der Waals surface area (Å²) in [4.78, 5) is 66.5. The quantitative estimate of drug-likeness (QED) is 0.169. The number of aliphatic hydroxyl groups excluding tert-OH is 1. The lowest BCUT2D eigenvalue weighted by atomic mass is 10.1. The standard InChI is InChI=1S/C34H39N3O12/c1-5-16-46-29(38)14-13-24(32(41)47-17-6-2)35-33(42)49-22-11-9-21(10-12-22)20-48-34(43)37-26-19-28(45-4)27(44-3)18-23(26)30(39)36-15-7-8-25(36)31(37)40/h5-6,9-12,18-19,24-25,31,40H,1-2,7-8,13-17,20H2,3-4H3,(H,35,42)/t24-,25-,31-/m0/s1. The molecule has 4 rings (SSSR count). The Labute approximate surface area is 282 Å². The largest absolute Gasteiger partial charge is 0.493 e. The van der Waals surface area contributed by atoms with Gasteiger partial charge in [0.1, 0.15) is 31.6 Å². The number of carbonyl (C=O) groups is 5. The third-order valence-electron chi connectivity index (χ3n) is 7.77. The van der Waals surface area contributed by atoms with Crippen LogP contribution in [0, 0.1) is 0 Å². The monoisotopic (exact) mass is 681 g/mol. The number of methoxy groups -OCH3 is 2. The summed E-state index contributed by atoms with van der Waals surface area (Å²) < 4.78 is 31.5. The number of ether oxygens (including phenoxy) is 6. The molecule has 49 heavy (non-hydrogen) atoms. The number of benzene rings is 2. The van der Waals surface area contributed by atoms with E-state index in [0.717, 1.165) is 4.90 Å². The zero-order valence-corrected chi connectivity index (χ0v) is 27.3. The van der Waals surface area contributed by atoms with E-state index < -0.39 is 42.4 Å². The molecule has 2 aliphatic rings. The predicted molar refractivity (Wildman–Crippen MR) is 173 cm³/mol. The van der Waals surface area contributed by atoms with E-state index in [-0.39, 0.29) is 67.1 Å². The Hall–Kier alpha value is -5.57. The normalized spacial score (nSPS) is 17.0. The minimum absolute atomic E-state index is 0.00826. The number of carbonyl (C=O) groups excluding carboxylic acids is 5. The number of aliphatic hydroxyl groups is 1. The predicted octanol–water partition coefficient (Wildman–Crippen LogP) is 3.48. The van der Waals surface area contributed by atoms with Crippen LogP contribution in [0.15, 0.2) is 61.7 Å². The van der Waals surface area contributed by atoms with Crippen molar-refractivity contribution in [3.63, 3.8) is 0 Å². The molecule has 2 aromatic carbocycles. The Balaban J connectivity index is 1.41. The molecule has 0 aliphatic carbocycles. The molecule has 0 bridgehead atoms. The van der Waals surface area contributed by atoms with E-state index >= 15 is 0 Å². The van der Waals surface area contributed by atoms with Gasteiger partial charge in [0, 0.05) is 19.0 Å². The number of fused-ring (bicyclic) bond motifs is 2. The van der Waals surface area contributed by atoms with Crippen LogP contribution in [0.1, 0.15) is 41.6 Å². The molecule has 2 N–H and O–H groups in total. The van der Waals surface area contributed by atoms with Crippen LogP contribution in [-0.2, 0) is 30.4 Å². The highest BCUT2D eigenvalue weighted by atomic mass is 16.6. The van der Waals surface area contributed by atoms with Crippen LogP contribution < -0.4 is 24.4 Å². The number of esters is 2. The number of rotatable bonds is 14. The van der Waals surface area contributed by atoms with E-state index in [0.29, 0.717) is 24.9 Å². The summed E-state index contributed by atoms with van der Waals surface area (Å²) >= 11 is 0. The van der Waals surface area contributed by atoms with Crippen LogP contribution in [0.25, 0.3) is 0 Å². The number of hydrogen-bond acceptors (Lipinski definition) is 12. The molecule has 2 aliphatic heterocycles. The van der Waals surface area contributed by atoms with Gasteiger partial charge in [-0.1, -0.05) is 37.4 Å². The lowest BCUT2D eigenvalue weighted by Gasteiger charge is -2.31. The smallest absolute Gasteiger partial charge is 0.416 e. The van der Waals surface area contributed by atoms with E-state index in [1.165, 1.54) is 50.6 Å². The SMILES string of the molecule is C=CCOC(=O)CC[C@H](NC(=O)Oc1ccc(COC(=O)N2c3cc(OC)c(OC)cc3C(=O)N3CCC[C@H]3[C@@H]2O)cc1)C(=O)OCC=C. The van der Waals surface area contributed by atoms with Crippen molar-refractivity contribution >= 4 is 35.7 Å². The summed E-state index contributed by atoms with van der Waals surface area (Å²) in [7, 11) is 2.84. The molecule has 0 unspecified atom stereocenters. The highest BCUT2D eigenvalue weighted by molar-refractivity contribution is 6.06. The summed E-state index contributed by atoms with van der Waals surface area (Å²) in [5.41, 5.74) is 0.784. The van der Waals surface area contributed by atoms with Gasteiger partial charge in [-0.2, -0.15) is 0 Å². The van der Waals surface area contributed by atoms with E-state index in [2.05, 4.69) is 18.5 Å². The van der Waals surface area contributed by atoms with Crippen LogP contribution in [-0.4, -0.2) is 92.3 Å². The highest BCUT2D eigenvalue weighted by Crippen LogP contribution is 2.41. The molecule has 262 valence electrons. The molecule has 3 amide bonds. The minimum Gasteiger partial charge on any atom is -0.493 e. The summed E-state index contributed by atoms with van der Waals surface area (Å²) in [5, 5.41) is 13.7. The maximum atomic E-state index is 13.5. The topological polar surface area (TPSA) is 179 Å².